The van der Waals surface area contributed by atoms with Crippen LogP contribution in [0.5, 0.6) is 5.75 Å². The van der Waals surface area contributed by atoms with E-state index in [1.165, 1.54) is 19.9 Å². The SMILES string of the molecule is CC(C)(Oc1cccc(CN(Cc2ccccc2[N+](=O)[O-])c2nc3ccccc3o2)c1)C(=O)O. The van der Waals surface area contributed by atoms with Crippen LogP contribution < -0.4 is 9.64 Å². The van der Waals surface area contributed by atoms with Crippen molar-refractivity contribution in [2.24, 2.45) is 0 Å². The monoisotopic (exact) mass is 461 g/mol. The van der Waals surface area contributed by atoms with E-state index >= 15 is 0 Å². The number of anilines is 1. The van der Waals surface area contributed by atoms with Crippen LogP contribution >= 0.6 is 0 Å². The zero-order valence-electron chi connectivity index (χ0n) is 18.7. The van der Waals surface area contributed by atoms with Gasteiger partial charge in [-0.3, -0.25) is 10.1 Å². The summed E-state index contributed by atoms with van der Waals surface area (Å²) in [6.45, 7) is 3.42. The summed E-state index contributed by atoms with van der Waals surface area (Å²) in [6, 6.07) is 21.2. The van der Waals surface area contributed by atoms with Gasteiger partial charge in [0.05, 0.1) is 11.5 Å². The van der Waals surface area contributed by atoms with E-state index < -0.39 is 16.5 Å². The average molecular weight is 461 g/mol. The second-order valence-electron chi connectivity index (χ2n) is 8.27. The van der Waals surface area contributed by atoms with Crippen LogP contribution in [-0.4, -0.2) is 26.6 Å². The van der Waals surface area contributed by atoms with Crippen LogP contribution in [0, 0.1) is 10.1 Å². The second kappa shape index (κ2) is 9.22. The number of hydrogen-bond acceptors (Lipinski definition) is 7. The number of carboxylic acid groups (broad SMARTS) is 1. The Morgan fingerprint density at radius 3 is 2.56 bits per heavy atom. The van der Waals surface area contributed by atoms with Gasteiger partial charge >= 0.3 is 5.97 Å². The zero-order chi connectivity index (χ0) is 24.3. The van der Waals surface area contributed by atoms with E-state index in [0.717, 1.165) is 5.56 Å². The molecule has 9 heteroatoms. The first kappa shape index (κ1) is 22.8. The average Bonchev–Trinajstić information content (AvgIpc) is 3.23. The van der Waals surface area contributed by atoms with Crippen LogP contribution in [-0.2, 0) is 17.9 Å². The number of ether oxygens (including phenoxy) is 1. The minimum Gasteiger partial charge on any atom is -0.478 e. The molecule has 9 nitrogen and oxygen atoms in total. The summed E-state index contributed by atoms with van der Waals surface area (Å²) < 4.78 is 11.6. The van der Waals surface area contributed by atoms with Gasteiger partial charge in [-0.05, 0) is 43.7 Å². The highest BCUT2D eigenvalue weighted by atomic mass is 16.6. The number of hydrogen-bond donors (Lipinski definition) is 1. The summed E-state index contributed by atoms with van der Waals surface area (Å²) in [5, 5.41) is 20.9. The number of para-hydroxylation sites is 3. The minimum atomic E-state index is -1.40. The predicted octanol–water partition coefficient (Wildman–Crippen LogP) is 5.18. The number of nitro benzene ring substituents is 1. The van der Waals surface area contributed by atoms with Crippen molar-refractivity contribution < 1.29 is 24.0 Å². The highest BCUT2D eigenvalue weighted by Gasteiger charge is 2.29. The number of carboxylic acids is 1. The summed E-state index contributed by atoms with van der Waals surface area (Å²) in [6.07, 6.45) is 0. The van der Waals surface area contributed by atoms with Gasteiger partial charge in [0.2, 0.25) is 0 Å². The Labute approximate surface area is 195 Å². The molecule has 0 unspecified atom stereocenters. The first-order chi connectivity index (χ1) is 16.2. The minimum absolute atomic E-state index is 0.00361. The third kappa shape index (κ3) is 4.98. The summed E-state index contributed by atoms with van der Waals surface area (Å²) in [5.74, 6) is -0.685. The zero-order valence-corrected chi connectivity index (χ0v) is 18.7. The Bertz CT molecular complexity index is 1310. The van der Waals surface area contributed by atoms with E-state index in [4.69, 9.17) is 9.15 Å². The van der Waals surface area contributed by atoms with Crippen molar-refractivity contribution in [1.82, 2.24) is 4.98 Å². The van der Waals surface area contributed by atoms with Crippen molar-refractivity contribution in [3.8, 4) is 5.75 Å². The molecule has 0 fully saturated rings. The van der Waals surface area contributed by atoms with Crippen LogP contribution in [0.4, 0.5) is 11.7 Å². The molecular formula is C25H23N3O6. The van der Waals surface area contributed by atoms with Gasteiger partial charge in [-0.1, -0.05) is 42.5 Å². The van der Waals surface area contributed by atoms with Crippen LogP contribution in [0.25, 0.3) is 11.1 Å². The molecule has 1 heterocycles. The molecule has 0 radical (unpaired) electrons. The maximum atomic E-state index is 11.6. The summed E-state index contributed by atoms with van der Waals surface area (Å²) in [5.41, 5.74) is 1.18. The lowest BCUT2D eigenvalue weighted by Gasteiger charge is -2.23. The van der Waals surface area contributed by atoms with E-state index in [2.05, 4.69) is 4.98 Å². The molecule has 3 aromatic carbocycles. The number of benzene rings is 3. The van der Waals surface area contributed by atoms with E-state index in [0.29, 0.717) is 35.0 Å². The molecule has 0 aliphatic carbocycles. The molecule has 0 atom stereocenters. The number of oxazole rings is 1. The van der Waals surface area contributed by atoms with Crippen molar-refractivity contribution in [3.05, 3.63) is 94.0 Å². The van der Waals surface area contributed by atoms with Gasteiger partial charge in [-0.2, -0.15) is 4.98 Å². The lowest BCUT2D eigenvalue weighted by Crippen LogP contribution is -2.37. The van der Waals surface area contributed by atoms with Gasteiger partial charge in [0.25, 0.3) is 11.7 Å². The van der Waals surface area contributed by atoms with E-state index in [9.17, 15) is 20.0 Å². The van der Waals surface area contributed by atoms with Crippen LogP contribution in [0.3, 0.4) is 0 Å². The molecule has 34 heavy (non-hydrogen) atoms. The number of nitrogens with zero attached hydrogens (tertiary/aromatic N) is 3. The Morgan fingerprint density at radius 1 is 1.09 bits per heavy atom. The molecule has 0 spiro atoms. The van der Waals surface area contributed by atoms with Crippen molar-refractivity contribution >= 4 is 28.8 Å². The van der Waals surface area contributed by atoms with Gasteiger partial charge in [-0.25, -0.2) is 4.79 Å². The molecule has 1 aromatic heterocycles. The quantitative estimate of drug-likeness (QED) is 0.267. The first-order valence-electron chi connectivity index (χ1n) is 10.6. The second-order valence-corrected chi connectivity index (χ2v) is 8.27. The van der Waals surface area contributed by atoms with Crippen LogP contribution in [0.2, 0.25) is 0 Å². The Hall–Kier alpha value is -4.40. The largest absolute Gasteiger partial charge is 0.478 e. The number of nitro groups is 1. The van der Waals surface area contributed by atoms with Crippen LogP contribution in [0.1, 0.15) is 25.0 Å². The van der Waals surface area contributed by atoms with Crippen molar-refractivity contribution in [3.63, 3.8) is 0 Å². The summed E-state index contributed by atoms with van der Waals surface area (Å²) in [7, 11) is 0. The molecular weight excluding hydrogens is 438 g/mol. The van der Waals surface area contributed by atoms with Gasteiger partial charge < -0.3 is 19.2 Å². The van der Waals surface area contributed by atoms with Crippen LogP contribution in [0.15, 0.2) is 77.2 Å². The van der Waals surface area contributed by atoms with Crippen molar-refractivity contribution in [2.75, 3.05) is 4.90 Å². The maximum absolute atomic E-state index is 11.6. The molecule has 1 N–H and O–H groups in total. The molecule has 0 saturated heterocycles. The van der Waals surface area contributed by atoms with E-state index in [-0.39, 0.29) is 12.2 Å². The van der Waals surface area contributed by atoms with Gasteiger partial charge in [0.1, 0.15) is 11.3 Å². The standard InChI is InChI=1S/C25H23N3O6/c1-25(2,23(29)30)34-19-10-7-8-17(14-19)15-27(16-18-9-3-5-12-21(18)28(31)32)24-26-20-11-4-6-13-22(20)33-24/h3-14H,15-16H2,1-2H3,(H,29,30). The fourth-order valence-electron chi connectivity index (χ4n) is 3.48. The molecule has 0 aliphatic heterocycles. The van der Waals surface area contributed by atoms with Gasteiger partial charge in [0, 0.05) is 18.2 Å². The Morgan fingerprint density at radius 2 is 1.82 bits per heavy atom. The number of aliphatic carboxylic acids is 1. The van der Waals surface area contributed by atoms with Gasteiger partial charge in [0.15, 0.2) is 11.2 Å². The Kier molecular flexibility index (Phi) is 6.18. The maximum Gasteiger partial charge on any atom is 0.347 e. The first-order valence-corrected chi connectivity index (χ1v) is 10.6. The third-order valence-corrected chi connectivity index (χ3v) is 5.26. The third-order valence-electron chi connectivity index (χ3n) is 5.26. The predicted molar refractivity (Wildman–Crippen MR) is 126 cm³/mol. The fraction of sp³-hybridized carbons (Fsp3) is 0.200. The molecule has 4 aromatic rings. The highest BCUT2D eigenvalue weighted by Crippen LogP contribution is 2.28. The Balaban J connectivity index is 1.69. The molecule has 0 saturated carbocycles. The smallest absolute Gasteiger partial charge is 0.347 e. The van der Waals surface area contributed by atoms with Crippen molar-refractivity contribution in [2.45, 2.75) is 32.5 Å². The summed E-state index contributed by atoms with van der Waals surface area (Å²) in [4.78, 5) is 28.9. The topological polar surface area (TPSA) is 119 Å². The number of fused-ring (bicyclic) bond motifs is 1. The number of carbonyl (C=O) groups is 1. The molecule has 174 valence electrons. The summed E-state index contributed by atoms with van der Waals surface area (Å²) >= 11 is 0. The molecule has 0 amide bonds. The lowest BCUT2D eigenvalue weighted by atomic mass is 10.1. The fourth-order valence-corrected chi connectivity index (χ4v) is 3.48. The van der Waals surface area contributed by atoms with Crippen molar-refractivity contribution in [1.29, 1.82) is 0 Å². The number of aromatic nitrogens is 1. The lowest BCUT2D eigenvalue weighted by molar-refractivity contribution is -0.385. The van der Waals surface area contributed by atoms with E-state index in [1.54, 1.807) is 47.4 Å². The van der Waals surface area contributed by atoms with Gasteiger partial charge in [-0.15, -0.1) is 0 Å². The molecule has 4 rings (SSSR count). The highest BCUT2D eigenvalue weighted by molar-refractivity contribution is 5.77. The molecule has 0 aliphatic rings. The molecule has 0 bridgehead atoms. The normalized spacial score (nSPS) is 11.4. The van der Waals surface area contributed by atoms with E-state index in [1.807, 2.05) is 24.3 Å². The number of rotatable bonds is 9.